The standard InChI is InChI=1S/C48H34N2/c1-4-15-35(16-5-1)36-27-31-40(32-28-36)49(39-19-8-3-9-20-39)41-33-29-38(30-34-41)42-21-10-12-25-46(42)50-47-26-13-11-22-44(47)45-24-14-23-43(48(45)50)37-17-6-2-7-18-37/h1-34H. The highest BCUT2D eigenvalue weighted by Gasteiger charge is 2.19. The Kier molecular flexibility index (Phi) is 7.53. The molecular weight excluding hydrogens is 605 g/mol. The fraction of sp³-hybridized carbons (Fsp3) is 0. The van der Waals surface area contributed by atoms with Crippen molar-refractivity contribution in [1.82, 2.24) is 4.57 Å². The molecule has 1 heterocycles. The Bertz CT molecular complexity index is 2550. The molecule has 9 aromatic rings. The maximum Gasteiger partial charge on any atom is 0.0619 e. The van der Waals surface area contributed by atoms with Crippen molar-refractivity contribution in [2.45, 2.75) is 0 Å². The van der Waals surface area contributed by atoms with Gasteiger partial charge in [0.2, 0.25) is 0 Å². The third-order valence-electron chi connectivity index (χ3n) is 9.61. The molecule has 0 fully saturated rings. The molecule has 0 aliphatic rings. The summed E-state index contributed by atoms with van der Waals surface area (Å²) in [5.41, 5.74) is 14.1. The average Bonchev–Trinajstić information content (AvgIpc) is 3.54. The van der Waals surface area contributed by atoms with E-state index in [1.165, 1.54) is 55.2 Å². The number of rotatable bonds is 7. The monoisotopic (exact) mass is 638 g/mol. The van der Waals surface area contributed by atoms with Crippen LogP contribution in [0.1, 0.15) is 0 Å². The fourth-order valence-corrected chi connectivity index (χ4v) is 7.28. The van der Waals surface area contributed by atoms with Crippen molar-refractivity contribution < 1.29 is 0 Å². The van der Waals surface area contributed by atoms with Gasteiger partial charge in [-0.2, -0.15) is 0 Å². The summed E-state index contributed by atoms with van der Waals surface area (Å²) in [7, 11) is 0. The van der Waals surface area contributed by atoms with Crippen LogP contribution in [0.4, 0.5) is 17.1 Å². The molecule has 2 nitrogen and oxygen atoms in total. The highest BCUT2D eigenvalue weighted by molar-refractivity contribution is 6.14. The van der Waals surface area contributed by atoms with Crippen LogP contribution in [0.15, 0.2) is 206 Å². The van der Waals surface area contributed by atoms with Crippen LogP contribution in [0.2, 0.25) is 0 Å². The first-order valence-corrected chi connectivity index (χ1v) is 17.1. The molecule has 0 saturated heterocycles. The lowest BCUT2D eigenvalue weighted by Gasteiger charge is -2.26. The van der Waals surface area contributed by atoms with E-state index in [1.54, 1.807) is 0 Å². The van der Waals surface area contributed by atoms with Gasteiger partial charge < -0.3 is 9.47 Å². The SMILES string of the molecule is c1ccc(-c2ccc(N(c3ccccc3)c3ccc(-c4ccccc4-n4c5ccccc5c5cccc(-c6ccccc6)c54)cc3)cc2)cc1. The quantitative estimate of drug-likeness (QED) is 0.169. The molecule has 0 radical (unpaired) electrons. The summed E-state index contributed by atoms with van der Waals surface area (Å²) >= 11 is 0. The predicted molar refractivity (Wildman–Crippen MR) is 212 cm³/mol. The third-order valence-corrected chi connectivity index (χ3v) is 9.61. The summed E-state index contributed by atoms with van der Waals surface area (Å²) in [4.78, 5) is 2.32. The number of para-hydroxylation sites is 4. The Morgan fingerprint density at radius 3 is 1.46 bits per heavy atom. The molecule has 0 bridgehead atoms. The van der Waals surface area contributed by atoms with Crippen LogP contribution in [0.25, 0.3) is 60.9 Å². The molecule has 50 heavy (non-hydrogen) atoms. The van der Waals surface area contributed by atoms with E-state index in [0.717, 1.165) is 22.7 Å². The largest absolute Gasteiger partial charge is 0.311 e. The molecule has 8 aromatic carbocycles. The zero-order chi connectivity index (χ0) is 33.3. The Balaban J connectivity index is 1.16. The number of anilines is 3. The van der Waals surface area contributed by atoms with Crippen LogP contribution in [0.3, 0.4) is 0 Å². The molecule has 0 spiro atoms. The number of benzene rings is 8. The van der Waals surface area contributed by atoms with Crippen molar-refractivity contribution in [2.24, 2.45) is 0 Å². The van der Waals surface area contributed by atoms with Crippen molar-refractivity contribution in [3.63, 3.8) is 0 Å². The summed E-state index contributed by atoms with van der Waals surface area (Å²) in [5, 5.41) is 2.51. The summed E-state index contributed by atoms with van der Waals surface area (Å²) in [6, 6.07) is 73.9. The van der Waals surface area contributed by atoms with Crippen LogP contribution in [-0.2, 0) is 0 Å². The van der Waals surface area contributed by atoms with E-state index in [9.17, 15) is 0 Å². The van der Waals surface area contributed by atoms with E-state index in [4.69, 9.17) is 0 Å². The van der Waals surface area contributed by atoms with Gasteiger partial charge in [-0.3, -0.25) is 0 Å². The normalized spacial score (nSPS) is 11.2. The van der Waals surface area contributed by atoms with Crippen LogP contribution in [-0.4, -0.2) is 4.57 Å². The molecule has 0 aliphatic carbocycles. The van der Waals surface area contributed by atoms with Crippen molar-refractivity contribution >= 4 is 38.9 Å². The fourth-order valence-electron chi connectivity index (χ4n) is 7.28. The average molecular weight is 639 g/mol. The number of hydrogen-bond acceptors (Lipinski definition) is 1. The minimum atomic E-state index is 1.10. The minimum absolute atomic E-state index is 1.10. The first kappa shape index (κ1) is 29.5. The van der Waals surface area contributed by atoms with Gasteiger partial charge in [0.15, 0.2) is 0 Å². The van der Waals surface area contributed by atoms with Gasteiger partial charge in [-0.25, -0.2) is 0 Å². The van der Waals surface area contributed by atoms with Gasteiger partial charge in [0.05, 0.1) is 16.7 Å². The van der Waals surface area contributed by atoms with Gasteiger partial charge in [-0.1, -0.05) is 158 Å². The Morgan fingerprint density at radius 2 is 0.760 bits per heavy atom. The summed E-state index contributed by atoms with van der Waals surface area (Å²) in [6.45, 7) is 0. The van der Waals surface area contributed by atoms with Crippen molar-refractivity contribution in [1.29, 1.82) is 0 Å². The zero-order valence-electron chi connectivity index (χ0n) is 27.5. The summed E-state index contributed by atoms with van der Waals surface area (Å²) < 4.78 is 2.46. The van der Waals surface area contributed by atoms with Crippen molar-refractivity contribution in [2.75, 3.05) is 4.90 Å². The molecule has 0 saturated carbocycles. The lowest BCUT2D eigenvalue weighted by atomic mass is 10.0. The molecule has 0 aliphatic heterocycles. The lowest BCUT2D eigenvalue weighted by Crippen LogP contribution is -2.09. The molecule has 0 amide bonds. The van der Waals surface area contributed by atoms with Crippen LogP contribution >= 0.6 is 0 Å². The smallest absolute Gasteiger partial charge is 0.0619 e. The molecule has 2 heteroatoms. The second-order valence-electron chi connectivity index (χ2n) is 12.6. The van der Waals surface area contributed by atoms with E-state index < -0.39 is 0 Å². The summed E-state index contributed by atoms with van der Waals surface area (Å²) in [5.74, 6) is 0. The molecule has 1 aromatic heterocycles. The van der Waals surface area contributed by atoms with Gasteiger partial charge in [0.1, 0.15) is 0 Å². The Hall–Kier alpha value is -6.64. The molecule has 0 atom stereocenters. The van der Waals surface area contributed by atoms with Crippen molar-refractivity contribution in [3.05, 3.63) is 206 Å². The van der Waals surface area contributed by atoms with Gasteiger partial charge >= 0.3 is 0 Å². The van der Waals surface area contributed by atoms with E-state index in [2.05, 4.69) is 216 Å². The number of aromatic nitrogens is 1. The maximum atomic E-state index is 2.46. The Labute approximate surface area is 292 Å². The third kappa shape index (κ3) is 5.24. The summed E-state index contributed by atoms with van der Waals surface area (Å²) in [6.07, 6.45) is 0. The van der Waals surface area contributed by atoms with E-state index in [1.807, 2.05) is 0 Å². The molecular formula is C48H34N2. The topological polar surface area (TPSA) is 8.17 Å². The minimum Gasteiger partial charge on any atom is -0.311 e. The molecule has 236 valence electrons. The second kappa shape index (κ2) is 12.8. The van der Waals surface area contributed by atoms with Gasteiger partial charge in [0.25, 0.3) is 0 Å². The van der Waals surface area contributed by atoms with Gasteiger partial charge in [0, 0.05) is 39.0 Å². The zero-order valence-corrected chi connectivity index (χ0v) is 27.5. The van der Waals surface area contributed by atoms with Crippen LogP contribution in [0, 0.1) is 0 Å². The highest BCUT2D eigenvalue weighted by Crippen LogP contribution is 2.41. The number of nitrogens with zero attached hydrogens (tertiary/aromatic N) is 2. The highest BCUT2D eigenvalue weighted by atomic mass is 15.1. The molecule has 0 N–H and O–H groups in total. The second-order valence-corrected chi connectivity index (χ2v) is 12.6. The predicted octanol–water partition coefficient (Wildman–Crippen LogP) is 13.3. The van der Waals surface area contributed by atoms with E-state index in [-0.39, 0.29) is 0 Å². The molecule has 9 rings (SSSR count). The first-order valence-electron chi connectivity index (χ1n) is 17.1. The lowest BCUT2D eigenvalue weighted by molar-refractivity contribution is 1.18. The van der Waals surface area contributed by atoms with Gasteiger partial charge in [-0.05, 0) is 70.8 Å². The Morgan fingerprint density at radius 1 is 0.300 bits per heavy atom. The van der Waals surface area contributed by atoms with Crippen LogP contribution in [0.5, 0.6) is 0 Å². The molecule has 0 unspecified atom stereocenters. The first-order chi connectivity index (χ1) is 24.8. The van der Waals surface area contributed by atoms with E-state index in [0.29, 0.717) is 0 Å². The van der Waals surface area contributed by atoms with Crippen molar-refractivity contribution in [3.8, 4) is 39.1 Å². The number of fused-ring (bicyclic) bond motifs is 3. The van der Waals surface area contributed by atoms with Gasteiger partial charge in [-0.15, -0.1) is 0 Å². The maximum absolute atomic E-state index is 2.46. The van der Waals surface area contributed by atoms with Crippen LogP contribution < -0.4 is 4.90 Å². The number of hydrogen-bond donors (Lipinski definition) is 0. The van der Waals surface area contributed by atoms with E-state index >= 15 is 0 Å².